The Morgan fingerprint density at radius 1 is 1.37 bits per heavy atom. The van der Waals surface area contributed by atoms with Gasteiger partial charge >= 0.3 is 5.97 Å². The predicted molar refractivity (Wildman–Crippen MR) is 65.2 cm³/mol. The number of hydrogen-bond acceptors (Lipinski definition) is 5. The topological polar surface area (TPSA) is 89.1 Å². The maximum atomic E-state index is 11.1. The Balaban J connectivity index is 1.90. The number of hydrogen-bond donors (Lipinski definition) is 1. The van der Waals surface area contributed by atoms with E-state index < -0.39 is 11.9 Å². The molecular formula is C13H13N3O3. The molecule has 0 saturated heterocycles. The van der Waals surface area contributed by atoms with Gasteiger partial charge < -0.3 is 9.63 Å². The van der Waals surface area contributed by atoms with Crippen LogP contribution >= 0.6 is 0 Å². The molecule has 19 heavy (non-hydrogen) atoms. The van der Waals surface area contributed by atoms with Crippen LogP contribution in [-0.4, -0.2) is 26.2 Å². The summed E-state index contributed by atoms with van der Waals surface area (Å²) in [6, 6.07) is 3.56. The van der Waals surface area contributed by atoms with Gasteiger partial charge in [-0.2, -0.15) is 4.98 Å². The number of carboxylic acid groups (broad SMARTS) is 1. The van der Waals surface area contributed by atoms with Gasteiger partial charge in [-0.25, -0.2) is 0 Å². The van der Waals surface area contributed by atoms with Crippen molar-refractivity contribution in [1.82, 2.24) is 15.1 Å². The van der Waals surface area contributed by atoms with Gasteiger partial charge in [-0.05, 0) is 17.5 Å². The van der Waals surface area contributed by atoms with Crippen molar-refractivity contribution in [1.29, 1.82) is 0 Å². The lowest BCUT2D eigenvalue weighted by atomic mass is 10.1. The minimum Gasteiger partial charge on any atom is -0.481 e. The molecule has 1 aliphatic rings. The van der Waals surface area contributed by atoms with Crippen LogP contribution in [0.2, 0.25) is 0 Å². The van der Waals surface area contributed by atoms with Gasteiger partial charge in [0.2, 0.25) is 11.7 Å². The van der Waals surface area contributed by atoms with Crippen molar-refractivity contribution in [3.63, 3.8) is 0 Å². The van der Waals surface area contributed by atoms with Crippen molar-refractivity contribution in [3.05, 3.63) is 30.4 Å². The maximum Gasteiger partial charge on any atom is 0.307 e. The van der Waals surface area contributed by atoms with Gasteiger partial charge in [0, 0.05) is 18.0 Å². The summed E-state index contributed by atoms with van der Waals surface area (Å²) in [6.07, 6.45) is 3.29. The van der Waals surface area contributed by atoms with E-state index in [1.807, 2.05) is 13.8 Å². The molecule has 0 aromatic carbocycles. The van der Waals surface area contributed by atoms with Gasteiger partial charge in [0.1, 0.15) is 0 Å². The number of nitrogens with zero attached hydrogens (tertiary/aromatic N) is 3. The number of aliphatic carboxylic acids is 1. The zero-order valence-electron chi connectivity index (χ0n) is 10.6. The van der Waals surface area contributed by atoms with Crippen LogP contribution in [-0.2, 0) is 4.79 Å². The highest BCUT2D eigenvalue weighted by atomic mass is 16.5. The molecule has 6 heteroatoms. The highest BCUT2D eigenvalue weighted by molar-refractivity contribution is 5.77. The fraction of sp³-hybridized carbons (Fsp3) is 0.385. The van der Waals surface area contributed by atoms with Crippen LogP contribution in [0.5, 0.6) is 0 Å². The SMILES string of the molecule is CC1(C)C(C(=O)O)C1c1nc(-c2ccncc2)no1. The van der Waals surface area contributed by atoms with E-state index in [1.165, 1.54) is 0 Å². The summed E-state index contributed by atoms with van der Waals surface area (Å²) in [6.45, 7) is 3.79. The first kappa shape index (κ1) is 11.8. The van der Waals surface area contributed by atoms with E-state index in [4.69, 9.17) is 9.63 Å². The van der Waals surface area contributed by atoms with Crippen LogP contribution in [0.15, 0.2) is 29.0 Å². The lowest BCUT2D eigenvalue weighted by molar-refractivity contribution is -0.139. The van der Waals surface area contributed by atoms with Crippen LogP contribution in [0.25, 0.3) is 11.4 Å². The average Bonchev–Trinajstić information content (AvgIpc) is 2.76. The van der Waals surface area contributed by atoms with Crippen molar-refractivity contribution < 1.29 is 14.4 Å². The summed E-state index contributed by atoms with van der Waals surface area (Å²) in [7, 11) is 0. The van der Waals surface area contributed by atoms with Crippen molar-refractivity contribution in [3.8, 4) is 11.4 Å². The fourth-order valence-electron chi connectivity index (χ4n) is 2.54. The Bertz CT molecular complexity index is 621. The van der Waals surface area contributed by atoms with Gasteiger partial charge in [0.05, 0.1) is 11.8 Å². The Morgan fingerprint density at radius 3 is 2.63 bits per heavy atom. The van der Waals surface area contributed by atoms with E-state index in [1.54, 1.807) is 24.5 Å². The molecule has 1 aliphatic carbocycles. The van der Waals surface area contributed by atoms with Crippen LogP contribution in [0, 0.1) is 11.3 Å². The van der Waals surface area contributed by atoms with E-state index in [0.717, 1.165) is 5.56 Å². The number of aromatic nitrogens is 3. The molecule has 0 amide bonds. The molecular weight excluding hydrogens is 246 g/mol. The number of pyridine rings is 1. The highest BCUT2D eigenvalue weighted by Crippen LogP contribution is 2.64. The highest BCUT2D eigenvalue weighted by Gasteiger charge is 2.65. The fourth-order valence-corrected chi connectivity index (χ4v) is 2.54. The summed E-state index contributed by atoms with van der Waals surface area (Å²) in [5.41, 5.74) is 0.462. The predicted octanol–water partition coefficient (Wildman–Crippen LogP) is 1.96. The molecule has 2 heterocycles. The summed E-state index contributed by atoms with van der Waals surface area (Å²) < 4.78 is 5.21. The van der Waals surface area contributed by atoms with Gasteiger partial charge in [-0.1, -0.05) is 19.0 Å². The first-order chi connectivity index (χ1) is 9.01. The van der Waals surface area contributed by atoms with Crippen molar-refractivity contribution in [2.75, 3.05) is 0 Å². The van der Waals surface area contributed by atoms with E-state index in [2.05, 4.69) is 15.1 Å². The zero-order chi connectivity index (χ0) is 13.6. The molecule has 3 rings (SSSR count). The van der Waals surface area contributed by atoms with Crippen LogP contribution in [0.4, 0.5) is 0 Å². The van der Waals surface area contributed by atoms with Gasteiger partial charge in [0.25, 0.3) is 0 Å². The smallest absolute Gasteiger partial charge is 0.307 e. The van der Waals surface area contributed by atoms with Crippen molar-refractivity contribution >= 4 is 5.97 Å². The quantitative estimate of drug-likeness (QED) is 0.906. The van der Waals surface area contributed by atoms with E-state index in [-0.39, 0.29) is 11.3 Å². The van der Waals surface area contributed by atoms with Crippen LogP contribution < -0.4 is 0 Å². The minimum atomic E-state index is -0.821. The molecule has 2 aromatic rings. The van der Waals surface area contributed by atoms with Crippen LogP contribution in [0.1, 0.15) is 25.7 Å². The monoisotopic (exact) mass is 259 g/mol. The van der Waals surface area contributed by atoms with Crippen molar-refractivity contribution in [2.24, 2.45) is 11.3 Å². The van der Waals surface area contributed by atoms with E-state index in [9.17, 15) is 4.79 Å². The number of rotatable bonds is 3. The largest absolute Gasteiger partial charge is 0.481 e. The summed E-state index contributed by atoms with van der Waals surface area (Å²) in [5, 5.41) is 13.0. The summed E-state index contributed by atoms with van der Waals surface area (Å²) >= 11 is 0. The Morgan fingerprint density at radius 2 is 2.05 bits per heavy atom. The summed E-state index contributed by atoms with van der Waals surface area (Å²) in [4.78, 5) is 19.4. The molecule has 0 radical (unpaired) electrons. The number of carbonyl (C=O) groups is 1. The first-order valence-electron chi connectivity index (χ1n) is 5.98. The Kier molecular flexibility index (Phi) is 2.41. The normalized spacial score (nSPS) is 24.1. The molecule has 1 saturated carbocycles. The molecule has 2 atom stereocenters. The molecule has 0 aliphatic heterocycles. The third-order valence-electron chi connectivity index (χ3n) is 3.74. The van der Waals surface area contributed by atoms with Crippen LogP contribution in [0.3, 0.4) is 0 Å². The lowest BCUT2D eigenvalue weighted by Gasteiger charge is -1.96. The molecule has 2 unspecified atom stereocenters. The number of carboxylic acids is 1. The van der Waals surface area contributed by atoms with Gasteiger partial charge in [0.15, 0.2) is 0 Å². The molecule has 0 spiro atoms. The molecule has 1 fully saturated rings. The van der Waals surface area contributed by atoms with Gasteiger partial charge in [-0.15, -0.1) is 0 Å². The zero-order valence-corrected chi connectivity index (χ0v) is 10.6. The van der Waals surface area contributed by atoms with E-state index >= 15 is 0 Å². The minimum absolute atomic E-state index is 0.215. The average molecular weight is 259 g/mol. The maximum absolute atomic E-state index is 11.1. The summed E-state index contributed by atoms with van der Waals surface area (Å²) in [5.74, 6) is -0.640. The second-order valence-corrected chi connectivity index (χ2v) is 5.31. The Labute approximate surface area is 109 Å². The third kappa shape index (κ3) is 1.80. The van der Waals surface area contributed by atoms with Crippen molar-refractivity contribution in [2.45, 2.75) is 19.8 Å². The van der Waals surface area contributed by atoms with E-state index in [0.29, 0.717) is 11.7 Å². The lowest BCUT2D eigenvalue weighted by Crippen LogP contribution is -2.03. The molecule has 6 nitrogen and oxygen atoms in total. The Hall–Kier alpha value is -2.24. The molecule has 98 valence electrons. The first-order valence-corrected chi connectivity index (χ1v) is 5.98. The van der Waals surface area contributed by atoms with Gasteiger partial charge in [-0.3, -0.25) is 9.78 Å². The molecule has 1 N–H and O–H groups in total. The molecule has 0 bridgehead atoms. The molecule has 2 aromatic heterocycles. The third-order valence-corrected chi connectivity index (χ3v) is 3.74. The standard InChI is InChI=1S/C13H13N3O3/c1-13(2)8(9(13)12(17)18)11-15-10(16-19-11)7-3-5-14-6-4-7/h3-6,8-9H,1-2H3,(H,17,18). The second-order valence-electron chi connectivity index (χ2n) is 5.31. The second kappa shape index (κ2) is 3.88.